The molecular weight excluding hydrogens is 372 g/mol. The Labute approximate surface area is 184 Å². The van der Waals surface area contributed by atoms with E-state index >= 15 is 0 Å². The number of ether oxygens (including phenoxy) is 1. The second kappa shape index (κ2) is 10.2. The van der Waals surface area contributed by atoms with Gasteiger partial charge in [-0.3, -0.25) is 4.79 Å². The second-order valence-electron chi connectivity index (χ2n) is 11.4. The maximum atomic E-state index is 12.7. The molecule has 0 amide bonds. The second-order valence-corrected chi connectivity index (χ2v) is 11.4. The Hall–Kier alpha value is -1.51. The van der Waals surface area contributed by atoms with E-state index in [1.54, 1.807) is 0 Å². The third-order valence-electron chi connectivity index (χ3n) is 6.57. The van der Waals surface area contributed by atoms with Gasteiger partial charge in [-0.25, -0.2) is 0 Å². The number of phenolic OH excluding ortho intramolecular Hbond substituents is 1. The van der Waals surface area contributed by atoms with Gasteiger partial charge in [0, 0.05) is 17.5 Å². The maximum Gasteiger partial charge on any atom is 0.311 e. The van der Waals surface area contributed by atoms with Gasteiger partial charge in [0.15, 0.2) is 0 Å². The number of benzene rings is 1. The zero-order valence-corrected chi connectivity index (χ0v) is 20.4. The Bertz CT molecular complexity index is 663. The first-order chi connectivity index (χ1) is 13.9. The molecule has 0 aliphatic heterocycles. The average molecular weight is 417 g/mol. The molecule has 0 unspecified atom stereocenters. The molecule has 1 aromatic carbocycles. The van der Waals surface area contributed by atoms with Crippen molar-refractivity contribution in [2.45, 2.75) is 117 Å². The topological polar surface area (TPSA) is 46.5 Å². The maximum absolute atomic E-state index is 12.7. The first kappa shape index (κ1) is 24.8. The van der Waals surface area contributed by atoms with Crippen LogP contribution < -0.4 is 4.74 Å². The van der Waals surface area contributed by atoms with Crippen molar-refractivity contribution in [1.82, 2.24) is 0 Å². The summed E-state index contributed by atoms with van der Waals surface area (Å²) in [6.45, 7) is 14.7. The molecule has 3 nitrogen and oxygen atoms in total. The third kappa shape index (κ3) is 7.03. The molecule has 0 atom stereocenters. The minimum Gasteiger partial charge on any atom is -0.507 e. The van der Waals surface area contributed by atoms with Crippen molar-refractivity contribution >= 4 is 5.97 Å². The van der Waals surface area contributed by atoms with Crippen LogP contribution in [0.4, 0.5) is 0 Å². The lowest BCUT2D eigenvalue weighted by Gasteiger charge is -2.29. The van der Waals surface area contributed by atoms with E-state index in [4.69, 9.17) is 4.74 Å². The highest BCUT2D eigenvalue weighted by Gasteiger charge is 2.28. The van der Waals surface area contributed by atoms with Gasteiger partial charge in [-0.1, -0.05) is 87.0 Å². The van der Waals surface area contributed by atoms with Crippen molar-refractivity contribution in [1.29, 1.82) is 0 Å². The van der Waals surface area contributed by atoms with Crippen LogP contribution in [-0.4, -0.2) is 11.1 Å². The van der Waals surface area contributed by atoms with Crippen molar-refractivity contribution in [3.05, 3.63) is 23.3 Å². The van der Waals surface area contributed by atoms with Gasteiger partial charge in [-0.05, 0) is 47.6 Å². The van der Waals surface area contributed by atoms with Crippen LogP contribution in [0, 0.1) is 11.8 Å². The van der Waals surface area contributed by atoms with Crippen molar-refractivity contribution in [3.8, 4) is 11.5 Å². The molecule has 170 valence electrons. The predicted octanol–water partition coefficient (Wildman–Crippen LogP) is 7.67. The molecule has 2 rings (SSSR count). The zero-order valence-electron chi connectivity index (χ0n) is 20.4. The van der Waals surface area contributed by atoms with E-state index in [0.29, 0.717) is 23.8 Å². The Kier molecular flexibility index (Phi) is 8.42. The number of rotatable bonds is 7. The fraction of sp³-hybridized carbons (Fsp3) is 0.741. The molecule has 1 aromatic rings. The van der Waals surface area contributed by atoms with E-state index in [1.807, 2.05) is 12.1 Å². The van der Waals surface area contributed by atoms with Gasteiger partial charge >= 0.3 is 5.97 Å². The number of aromatic hydroxyl groups is 1. The van der Waals surface area contributed by atoms with Crippen LogP contribution >= 0.6 is 0 Å². The van der Waals surface area contributed by atoms with E-state index in [1.165, 1.54) is 38.5 Å². The van der Waals surface area contributed by atoms with Gasteiger partial charge in [-0.2, -0.15) is 0 Å². The Morgan fingerprint density at radius 3 is 1.90 bits per heavy atom. The summed E-state index contributed by atoms with van der Waals surface area (Å²) in [5.41, 5.74) is 1.18. The summed E-state index contributed by atoms with van der Waals surface area (Å²) < 4.78 is 5.80. The predicted molar refractivity (Wildman–Crippen MR) is 125 cm³/mol. The van der Waals surface area contributed by atoms with Crippen molar-refractivity contribution in [3.63, 3.8) is 0 Å². The Morgan fingerprint density at radius 1 is 0.933 bits per heavy atom. The summed E-state index contributed by atoms with van der Waals surface area (Å²) in [6, 6.07) is 3.68. The molecule has 0 bridgehead atoms. The first-order valence-electron chi connectivity index (χ1n) is 12.0. The van der Waals surface area contributed by atoms with Crippen LogP contribution in [0.1, 0.15) is 117 Å². The standard InChI is InChI=1S/C27H44O3/c1-8-9-10-11-19-12-14-20(15-13-19)16-24(28)30-21-17-22(26(2,3)4)25(29)23(18-21)27(5,6)7/h17-20,29H,8-16H2,1-7H3. The number of carbonyl (C=O) groups is 1. The van der Waals surface area contributed by atoms with Gasteiger partial charge in [0.1, 0.15) is 11.5 Å². The fourth-order valence-electron chi connectivity index (χ4n) is 4.63. The number of hydrogen-bond donors (Lipinski definition) is 1. The van der Waals surface area contributed by atoms with E-state index in [9.17, 15) is 9.90 Å². The largest absolute Gasteiger partial charge is 0.507 e. The van der Waals surface area contributed by atoms with E-state index < -0.39 is 0 Å². The fourth-order valence-corrected chi connectivity index (χ4v) is 4.63. The van der Waals surface area contributed by atoms with Crippen LogP contribution in [0.5, 0.6) is 11.5 Å². The number of phenols is 1. The number of esters is 1. The molecule has 30 heavy (non-hydrogen) atoms. The van der Waals surface area contributed by atoms with Gasteiger partial charge in [0.25, 0.3) is 0 Å². The van der Waals surface area contributed by atoms with Gasteiger partial charge < -0.3 is 9.84 Å². The summed E-state index contributed by atoms with van der Waals surface area (Å²) in [4.78, 5) is 12.7. The quantitative estimate of drug-likeness (QED) is 0.282. The molecule has 0 radical (unpaired) electrons. The SMILES string of the molecule is CCCCCC1CCC(CC(=O)Oc2cc(C(C)(C)C)c(O)c(C(C)(C)C)c2)CC1. The molecular formula is C27H44O3. The highest BCUT2D eigenvalue weighted by molar-refractivity contribution is 5.73. The smallest absolute Gasteiger partial charge is 0.311 e. The summed E-state index contributed by atoms with van der Waals surface area (Å²) in [6.07, 6.45) is 10.6. The van der Waals surface area contributed by atoms with Crippen molar-refractivity contribution < 1.29 is 14.6 Å². The lowest BCUT2D eigenvalue weighted by molar-refractivity contribution is -0.135. The van der Waals surface area contributed by atoms with Gasteiger partial charge in [-0.15, -0.1) is 0 Å². The molecule has 3 heteroatoms. The number of unbranched alkanes of at least 4 members (excludes halogenated alkanes) is 2. The van der Waals surface area contributed by atoms with Crippen LogP contribution in [0.15, 0.2) is 12.1 Å². The summed E-state index contributed by atoms with van der Waals surface area (Å²) in [5.74, 6) is 2.03. The van der Waals surface area contributed by atoms with Crippen molar-refractivity contribution in [2.75, 3.05) is 0 Å². The minimum absolute atomic E-state index is 0.144. The molecule has 1 fully saturated rings. The van der Waals surface area contributed by atoms with E-state index in [0.717, 1.165) is 29.9 Å². The summed E-state index contributed by atoms with van der Waals surface area (Å²) in [5, 5.41) is 10.8. The molecule has 1 saturated carbocycles. The van der Waals surface area contributed by atoms with Crippen molar-refractivity contribution in [2.24, 2.45) is 11.8 Å². The lowest BCUT2D eigenvalue weighted by Crippen LogP contribution is -2.21. The van der Waals surface area contributed by atoms with Gasteiger partial charge in [0.2, 0.25) is 0 Å². The van der Waals surface area contributed by atoms with Gasteiger partial charge in [0.05, 0.1) is 0 Å². The minimum atomic E-state index is -0.233. The number of carbonyl (C=O) groups excluding carboxylic acids is 1. The van der Waals surface area contributed by atoms with E-state index in [-0.39, 0.29) is 16.8 Å². The first-order valence-corrected chi connectivity index (χ1v) is 12.0. The summed E-state index contributed by atoms with van der Waals surface area (Å²) >= 11 is 0. The highest BCUT2D eigenvalue weighted by atomic mass is 16.5. The average Bonchev–Trinajstić information content (AvgIpc) is 2.63. The molecule has 0 spiro atoms. The molecule has 0 saturated heterocycles. The van der Waals surface area contributed by atoms with E-state index in [2.05, 4.69) is 48.5 Å². The zero-order chi connectivity index (χ0) is 22.5. The van der Waals surface area contributed by atoms with Crippen LogP contribution in [0.2, 0.25) is 0 Å². The Balaban J connectivity index is 2.02. The normalized spacial score (nSPS) is 20.2. The molecule has 1 N–H and O–H groups in total. The van der Waals surface area contributed by atoms with Crippen LogP contribution in [0.3, 0.4) is 0 Å². The molecule has 1 aliphatic carbocycles. The monoisotopic (exact) mass is 416 g/mol. The molecule has 0 aromatic heterocycles. The number of hydrogen-bond acceptors (Lipinski definition) is 3. The Morgan fingerprint density at radius 2 is 1.43 bits per heavy atom. The lowest BCUT2D eigenvalue weighted by atomic mass is 9.78. The molecule has 0 heterocycles. The highest BCUT2D eigenvalue weighted by Crippen LogP contribution is 2.42. The third-order valence-corrected chi connectivity index (χ3v) is 6.57. The van der Waals surface area contributed by atoms with Crippen LogP contribution in [0.25, 0.3) is 0 Å². The van der Waals surface area contributed by atoms with Crippen LogP contribution in [-0.2, 0) is 15.6 Å². The summed E-state index contributed by atoms with van der Waals surface area (Å²) in [7, 11) is 0. The molecule has 1 aliphatic rings.